The van der Waals surface area contributed by atoms with E-state index >= 15 is 0 Å². The van der Waals surface area contributed by atoms with Crippen LogP contribution in [0.5, 0.6) is 0 Å². The summed E-state index contributed by atoms with van der Waals surface area (Å²) >= 11 is 0. The number of fused-ring (bicyclic) bond motifs is 1. The van der Waals surface area contributed by atoms with Crippen molar-refractivity contribution in [2.45, 2.75) is 24.2 Å². The molecule has 0 radical (unpaired) electrons. The molecule has 0 spiro atoms. The summed E-state index contributed by atoms with van der Waals surface area (Å²) in [5.41, 5.74) is 2.86. The van der Waals surface area contributed by atoms with E-state index < -0.39 is 10.0 Å². The van der Waals surface area contributed by atoms with E-state index in [9.17, 15) is 13.2 Å². The van der Waals surface area contributed by atoms with E-state index in [1.807, 2.05) is 31.2 Å². The number of benzene rings is 2. The van der Waals surface area contributed by atoms with Crippen LogP contribution >= 0.6 is 0 Å². The molecule has 1 N–H and O–H groups in total. The molecule has 6 heteroatoms. The molecule has 126 valence electrons. The van der Waals surface area contributed by atoms with Gasteiger partial charge in [-0.25, -0.2) is 13.1 Å². The number of nitrogens with zero attached hydrogens (tertiary/aromatic N) is 1. The number of rotatable bonds is 5. The van der Waals surface area contributed by atoms with Gasteiger partial charge in [-0.1, -0.05) is 35.9 Å². The number of likely N-dealkylation sites (N-methyl/N-ethyl adjacent to an activating group) is 1. The van der Waals surface area contributed by atoms with Crippen molar-refractivity contribution in [3.8, 4) is 0 Å². The Kier molecular flexibility index (Phi) is 4.43. The summed E-state index contributed by atoms with van der Waals surface area (Å²) in [4.78, 5) is 14.2. The maximum absolute atomic E-state index is 12.4. The quantitative estimate of drug-likeness (QED) is 0.906. The van der Waals surface area contributed by atoms with E-state index in [1.165, 1.54) is 0 Å². The van der Waals surface area contributed by atoms with Gasteiger partial charge in [-0.15, -0.1) is 0 Å². The van der Waals surface area contributed by atoms with Crippen molar-refractivity contribution in [3.05, 3.63) is 59.7 Å². The van der Waals surface area contributed by atoms with Crippen LogP contribution in [0.3, 0.4) is 0 Å². The molecule has 1 aliphatic heterocycles. The number of nitrogens with one attached hydrogen (secondary N) is 1. The molecule has 0 aliphatic carbocycles. The molecule has 1 amide bonds. The Balaban J connectivity index is 1.68. The molecule has 1 heterocycles. The van der Waals surface area contributed by atoms with E-state index in [4.69, 9.17) is 0 Å². The summed E-state index contributed by atoms with van der Waals surface area (Å²) in [7, 11) is -1.80. The zero-order valence-electron chi connectivity index (χ0n) is 13.7. The predicted octanol–water partition coefficient (Wildman–Crippen LogP) is 2.42. The molecule has 0 saturated heterocycles. The van der Waals surface area contributed by atoms with Crippen molar-refractivity contribution >= 4 is 21.6 Å². The van der Waals surface area contributed by atoms with Crippen LogP contribution in [0.4, 0.5) is 5.69 Å². The summed E-state index contributed by atoms with van der Waals surface area (Å²) in [6.45, 7) is 2.12. The Labute approximate surface area is 142 Å². The van der Waals surface area contributed by atoms with Gasteiger partial charge in [0.1, 0.15) is 0 Å². The van der Waals surface area contributed by atoms with Gasteiger partial charge in [0, 0.05) is 19.3 Å². The SMILES string of the molecule is Cc1ccc(S(=O)(=O)NCCC2C(=O)N(C)c3ccccc32)cc1. The summed E-state index contributed by atoms with van der Waals surface area (Å²) < 4.78 is 27.2. The first kappa shape index (κ1) is 16.7. The highest BCUT2D eigenvalue weighted by atomic mass is 32.2. The fourth-order valence-corrected chi connectivity index (χ4v) is 4.04. The van der Waals surface area contributed by atoms with Gasteiger partial charge in [-0.2, -0.15) is 0 Å². The Morgan fingerprint density at radius 1 is 1.08 bits per heavy atom. The second-order valence-corrected chi connectivity index (χ2v) is 7.78. The monoisotopic (exact) mass is 344 g/mol. The van der Waals surface area contributed by atoms with E-state index in [1.54, 1.807) is 36.2 Å². The van der Waals surface area contributed by atoms with Gasteiger partial charge in [-0.3, -0.25) is 4.79 Å². The lowest BCUT2D eigenvalue weighted by Crippen LogP contribution is -2.29. The third-order valence-corrected chi connectivity index (χ3v) is 5.84. The zero-order chi connectivity index (χ0) is 17.3. The minimum atomic E-state index is -3.55. The van der Waals surface area contributed by atoms with Crippen LogP contribution in [-0.4, -0.2) is 27.9 Å². The Bertz CT molecular complexity index is 860. The molecule has 0 fully saturated rings. The topological polar surface area (TPSA) is 66.5 Å². The molecule has 0 saturated carbocycles. The van der Waals surface area contributed by atoms with Gasteiger partial charge in [0.2, 0.25) is 15.9 Å². The fourth-order valence-electron chi connectivity index (χ4n) is 2.99. The molecule has 0 aromatic heterocycles. The first-order valence-electron chi connectivity index (χ1n) is 7.83. The lowest BCUT2D eigenvalue weighted by atomic mass is 9.97. The highest BCUT2D eigenvalue weighted by molar-refractivity contribution is 7.89. The molecule has 0 bridgehead atoms. The Morgan fingerprint density at radius 2 is 1.75 bits per heavy atom. The van der Waals surface area contributed by atoms with Crippen LogP contribution in [0.15, 0.2) is 53.4 Å². The third kappa shape index (κ3) is 3.07. The molecule has 1 aliphatic rings. The molecular formula is C18H20N2O3S. The van der Waals surface area contributed by atoms with Crippen molar-refractivity contribution in [1.82, 2.24) is 4.72 Å². The largest absolute Gasteiger partial charge is 0.315 e. The maximum atomic E-state index is 12.4. The molecule has 2 aromatic rings. The smallest absolute Gasteiger partial charge is 0.240 e. The van der Waals surface area contributed by atoms with Crippen LogP contribution < -0.4 is 9.62 Å². The second-order valence-electron chi connectivity index (χ2n) is 6.01. The van der Waals surface area contributed by atoms with Gasteiger partial charge in [0.25, 0.3) is 0 Å². The molecule has 1 unspecified atom stereocenters. The number of sulfonamides is 1. The van der Waals surface area contributed by atoms with Crippen molar-refractivity contribution in [2.75, 3.05) is 18.5 Å². The lowest BCUT2D eigenvalue weighted by molar-refractivity contribution is -0.119. The number of amides is 1. The zero-order valence-corrected chi connectivity index (χ0v) is 14.5. The van der Waals surface area contributed by atoms with Crippen LogP contribution in [-0.2, 0) is 14.8 Å². The van der Waals surface area contributed by atoms with E-state index in [-0.39, 0.29) is 23.3 Å². The minimum absolute atomic E-state index is 0.00531. The first-order valence-corrected chi connectivity index (χ1v) is 9.31. The molecule has 3 rings (SSSR count). The molecular weight excluding hydrogens is 324 g/mol. The van der Waals surface area contributed by atoms with E-state index in [0.29, 0.717) is 6.42 Å². The number of anilines is 1. The van der Waals surface area contributed by atoms with Gasteiger partial charge in [0.05, 0.1) is 10.8 Å². The lowest BCUT2D eigenvalue weighted by Gasteiger charge is -2.12. The van der Waals surface area contributed by atoms with E-state index in [0.717, 1.165) is 16.8 Å². The summed E-state index contributed by atoms with van der Waals surface area (Å²) in [6, 6.07) is 14.3. The normalized spacial score (nSPS) is 17.2. The maximum Gasteiger partial charge on any atom is 0.240 e. The van der Waals surface area contributed by atoms with Crippen LogP contribution in [0.2, 0.25) is 0 Å². The van der Waals surface area contributed by atoms with E-state index in [2.05, 4.69) is 4.72 Å². The molecule has 5 nitrogen and oxygen atoms in total. The number of hydrogen-bond acceptors (Lipinski definition) is 3. The van der Waals surface area contributed by atoms with Crippen molar-refractivity contribution in [1.29, 1.82) is 0 Å². The van der Waals surface area contributed by atoms with Crippen LogP contribution in [0.25, 0.3) is 0 Å². The number of carbonyl (C=O) groups excluding carboxylic acids is 1. The van der Waals surface area contributed by atoms with Crippen LogP contribution in [0.1, 0.15) is 23.5 Å². The van der Waals surface area contributed by atoms with Gasteiger partial charge >= 0.3 is 0 Å². The molecule has 1 atom stereocenters. The van der Waals surface area contributed by atoms with Crippen molar-refractivity contribution in [2.24, 2.45) is 0 Å². The minimum Gasteiger partial charge on any atom is -0.315 e. The summed E-state index contributed by atoms with van der Waals surface area (Å²) in [5, 5.41) is 0. The number of carbonyl (C=O) groups is 1. The Hall–Kier alpha value is -2.18. The first-order chi connectivity index (χ1) is 11.4. The highest BCUT2D eigenvalue weighted by Gasteiger charge is 2.34. The molecule has 2 aromatic carbocycles. The third-order valence-electron chi connectivity index (χ3n) is 4.36. The van der Waals surface area contributed by atoms with Crippen LogP contribution in [0, 0.1) is 6.92 Å². The average Bonchev–Trinajstić information content (AvgIpc) is 2.80. The summed E-state index contributed by atoms with van der Waals surface area (Å²) in [5.74, 6) is -0.294. The Morgan fingerprint density at radius 3 is 2.46 bits per heavy atom. The highest BCUT2D eigenvalue weighted by Crippen LogP contribution is 2.37. The van der Waals surface area contributed by atoms with Gasteiger partial charge in [-0.05, 0) is 37.1 Å². The number of hydrogen-bond donors (Lipinski definition) is 1. The summed E-state index contributed by atoms with van der Waals surface area (Å²) in [6.07, 6.45) is 0.436. The van der Waals surface area contributed by atoms with Crippen molar-refractivity contribution in [3.63, 3.8) is 0 Å². The number of para-hydroxylation sites is 1. The van der Waals surface area contributed by atoms with Crippen molar-refractivity contribution < 1.29 is 13.2 Å². The van der Waals surface area contributed by atoms with Gasteiger partial charge < -0.3 is 4.90 Å². The second kappa shape index (κ2) is 6.37. The fraction of sp³-hybridized carbons (Fsp3) is 0.278. The predicted molar refractivity (Wildman–Crippen MR) is 93.6 cm³/mol. The molecule has 24 heavy (non-hydrogen) atoms. The number of aryl methyl sites for hydroxylation is 1. The van der Waals surface area contributed by atoms with Gasteiger partial charge in [0.15, 0.2) is 0 Å². The standard InChI is InChI=1S/C18H20N2O3S/c1-13-7-9-14(10-8-13)24(22,23)19-12-11-16-15-5-3-4-6-17(15)20(2)18(16)21/h3-10,16,19H,11-12H2,1-2H3. The average molecular weight is 344 g/mol.